The first-order chi connectivity index (χ1) is 15.5. The molecule has 1 aliphatic carbocycles. The van der Waals surface area contributed by atoms with Crippen molar-refractivity contribution >= 4 is 17.5 Å². The number of ether oxygens (including phenoxy) is 2. The van der Waals surface area contributed by atoms with E-state index in [0.717, 1.165) is 18.9 Å². The molecule has 2 heterocycles. The summed E-state index contributed by atoms with van der Waals surface area (Å²) >= 11 is 0. The van der Waals surface area contributed by atoms with Gasteiger partial charge < -0.3 is 9.47 Å². The molecule has 5 nitrogen and oxygen atoms in total. The zero-order valence-electron chi connectivity index (χ0n) is 19.0. The van der Waals surface area contributed by atoms with Gasteiger partial charge in [-0.25, -0.2) is 4.79 Å². The van der Waals surface area contributed by atoms with E-state index < -0.39 is 29.5 Å². The van der Waals surface area contributed by atoms with Crippen LogP contribution in [0.2, 0.25) is 0 Å². The molecule has 0 spiro atoms. The average Bonchev–Trinajstić information content (AvgIpc) is 3.23. The van der Waals surface area contributed by atoms with Crippen molar-refractivity contribution in [1.29, 1.82) is 0 Å². The van der Waals surface area contributed by atoms with Gasteiger partial charge in [0, 0.05) is 30.4 Å². The maximum absolute atomic E-state index is 14.0. The van der Waals surface area contributed by atoms with Crippen LogP contribution in [0.15, 0.2) is 40.5 Å². The lowest BCUT2D eigenvalue weighted by Crippen LogP contribution is -2.44. The summed E-state index contributed by atoms with van der Waals surface area (Å²) in [5.74, 6) is -2.97. The van der Waals surface area contributed by atoms with Gasteiger partial charge in [-0.2, -0.15) is 13.2 Å². The molecular weight excluding hydrogens is 435 g/mol. The molecule has 2 fully saturated rings. The van der Waals surface area contributed by atoms with Gasteiger partial charge in [-0.05, 0) is 43.2 Å². The Bertz CT molecular complexity index is 1020. The molecule has 2 aliphatic heterocycles. The Morgan fingerprint density at radius 2 is 1.94 bits per heavy atom. The van der Waals surface area contributed by atoms with Crippen LogP contribution in [0.5, 0.6) is 0 Å². The fourth-order valence-corrected chi connectivity index (χ4v) is 5.24. The van der Waals surface area contributed by atoms with Crippen molar-refractivity contribution < 1.29 is 32.2 Å². The normalized spacial score (nSPS) is 27.3. The highest BCUT2D eigenvalue weighted by molar-refractivity contribution is 6.12. The number of aliphatic imine (C=N–C) groups is 1. The number of halogens is 3. The number of rotatable bonds is 4. The molecule has 1 aromatic rings. The van der Waals surface area contributed by atoms with Gasteiger partial charge in [-0.15, -0.1) is 0 Å². The van der Waals surface area contributed by atoms with Gasteiger partial charge in [-0.1, -0.05) is 32.0 Å². The van der Waals surface area contributed by atoms with Crippen LogP contribution in [0.1, 0.15) is 63.5 Å². The van der Waals surface area contributed by atoms with Crippen molar-refractivity contribution in [2.24, 2.45) is 16.3 Å². The van der Waals surface area contributed by atoms with Crippen LogP contribution in [0, 0.1) is 11.3 Å². The predicted molar refractivity (Wildman–Crippen MR) is 116 cm³/mol. The third kappa shape index (κ3) is 4.76. The summed E-state index contributed by atoms with van der Waals surface area (Å²) in [5, 5.41) is 0. The van der Waals surface area contributed by atoms with Gasteiger partial charge in [-0.3, -0.25) is 9.79 Å². The summed E-state index contributed by atoms with van der Waals surface area (Å²) in [6.45, 7) is 6.08. The highest BCUT2D eigenvalue weighted by Gasteiger charge is 2.49. The number of alkyl halides is 3. The molecule has 1 aromatic carbocycles. The first-order valence-electron chi connectivity index (χ1n) is 11.2. The summed E-state index contributed by atoms with van der Waals surface area (Å²) in [4.78, 5) is 31.1. The minimum atomic E-state index is -4.64. The van der Waals surface area contributed by atoms with Crippen LogP contribution >= 0.6 is 0 Å². The van der Waals surface area contributed by atoms with E-state index in [9.17, 15) is 22.8 Å². The molecule has 0 aromatic heterocycles. The van der Waals surface area contributed by atoms with Gasteiger partial charge >= 0.3 is 12.1 Å². The molecule has 1 saturated heterocycles. The Hall–Kier alpha value is -2.48. The van der Waals surface area contributed by atoms with Crippen molar-refractivity contribution in [2.75, 3.05) is 13.2 Å². The molecule has 4 rings (SSSR count). The largest absolute Gasteiger partial charge is 0.460 e. The standard InChI is InChI=1S/C25H28F3NO4/c1-14-20(23(31)33-13-15-7-6-10-32-15)21(16-8-4-5-9-17(16)25(26,27)28)22-18(29-14)11-24(2,3)12-19(22)30/h4-5,8-9,15,21-22H,6-7,10-13H2,1-3H3/t15-,21-,22-/m0/s1. The average molecular weight is 463 g/mol. The first-order valence-corrected chi connectivity index (χ1v) is 11.2. The smallest absolute Gasteiger partial charge is 0.416 e. The number of hydrogen-bond acceptors (Lipinski definition) is 5. The van der Waals surface area contributed by atoms with E-state index in [0.29, 0.717) is 24.4 Å². The zero-order valence-corrected chi connectivity index (χ0v) is 19.0. The predicted octanol–water partition coefficient (Wildman–Crippen LogP) is 5.25. The van der Waals surface area contributed by atoms with Crippen LogP contribution in [0.4, 0.5) is 13.2 Å². The van der Waals surface area contributed by atoms with E-state index in [-0.39, 0.29) is 41.5 Å². The van der Waals surface area contributed by atoms with Crippen molar-refractivity contribution in [1.82, 2.24) is 0 Å². The third-order valence-electron chi connectivity index (χ3n) is 6.61. The molecule has 0 radical (unpaired) electrons. The number of ketones is 1. The van der Waals surface area contributed by atoms with Gasteiger partial charge in [0.15, 0.2) is 0 Å². The van der Waals surface area contributed by atoms with E-state index in [1.54, 1.807) is 6.92 Å². The van der Waals surface area contributed by atoms with E-state index in [4.69, 9.17) is 9.47 Å². The van der Waals surface area contributed by atoms with Gasteiger partial charge in [0.2, 0.25) is 0 Å². The van der Waals surface area contributed by atoms with Gasteiger partial charge in [0.25, 0.3) is 0 Å². The molecule has 0 amide bonds. The number of benzene rings is 1. The Morgan fingerprint density at radius 3 is 2.61 bits per heavy atom. The Labute approximate surface area is 191 Å². The molecule has 3 atom stereocenters. The minimum Gasteiger partial charge on any atom is -0.460 e. The molecule has 0 unspecified atom stereocenters. The number of carbonyl (C=O) groups is 2. The maximum Gasteiger partial charge on any atom is 0.416 e. The molecule has 3 aliphatic rings. The topological polar surface area (TPSA) is 65.0 Å². The molecule has 0 N–H and O–H groups in total. The second kappa shape index (κ2) is 8.70. The Kier molecular flexibility index (Phi) is 6.24. The highest BCUT2D eigenvalue weighted by Crippen LogP contribution is 2.49. The summed E-state index contributed by atoms with van der Waals surface area (Å²) < 4.78 is 52.9. The second-order valence-electron chi connectivity index (χ2n) is 9.86. The van der Waals surface area contributed by atoms with Crippen molar-refractivity contribution in [2.45, 2.75) is 64.7 Å². The van der Waals surface area contributed by atoms with Crippen LogP contribution in [0.3, 0.4) is 0 Å². The van der Waals surface area contributed by atoms with Gasteiger partial charge in [0.05, 0.1) is 23.2 Å². The minimum absolute atomic E-state index is 0.0193. The SMILES string of the molecule is CC1=C(C(=O)OC[C@@H]2CCCO2)[C@H](c2ccccc2C(F)(F)F)[C@@H]2C(=O)CC(C)(C)CC2=N1. The zero-order chi connectivity index (χ0) is 24.0. The molecule has 1 saturated carbocycles. The number of esters is 1. The quantitative estimate of drug-likeness (QED) is 0.573. The summed E-state index contributed by atoms with van der Waals surface area (Å²) in [5.41, 5.74) is -0.451. The van der Waals surface area contributed by atoms with E-state index in [1.165, 1.54) is 18.2 Å². The van der Waals surface area contributed by atoms with Crippen LogP contribution in [0.25, 0.3) is 0 Å². The number of fused-ring (bicyclic) bond motifs is 1. The third-order valence-corrected chi connectivity index (χ3v) is 6.61. The second-order valence-corrected chi connectivity index (χ2v) is 9.86. The number of nitrogens with zero attached hydrogens (tertiary/aromatic N) is 1. The van der Waals surface area contributed by atoms with Crippen LogP contribution in [-0.2, 0) is 25.2 Å². The van der Waals surface area contributed by atoms with E-state index in [1.807, 2.05) is 13.8 Å². The molecule has 8 heteroatoms. The van der Waals surface area contributed by atoms with Crippen LogP contribution < -0.4 is 0 Å². The lowest BCUT2D eigenvalue weighted by molar-refractivity contribution is -0.143. The lowest BCUT2D eigenvalue weighted by Gasteiger charge is -2.41. The van der Waals surface area contributed by atoms with Crippen molar-refractivity contribution in [3.63, 3.8) is 0 Å². The van der Waals surface area contributed by atoms with Crippen molar-refractivity contribution in [3.05, 3.63) is 46.7 Å². The molecule has 33 heavy (non-hydrogen) atoms. The highest BCUT2D eigenvalue weighted by atomic mass is 19.4. The molecule has 0 bridgehead atoms. The maximum atomic E-state index is 14.0. The van der Waals surface area contributed by atoms with E-state index >= 15 is 0 Å². The monoisotopic (exact) mass is 463 g/mol. The summed E-state index contributed by atoms with van der Waals surface area (Å²) in [7, 11) is 0. The summed E-state index contributed by atoms with van der Waals surface area (Å²) in [6, 6.07) is 5.15. The molecule has 178 valence electrons. The van der Waals surface area contributed by atoms with Gasteiger partial charge in [0.1, 0.15) is 12.4 Å². The Balaban J connectivity index is 1.80. The van der Waals surface area contributed by atoms with Crippen LogP contribution in [-0.4, -0.2) is 36.8 Å². The fraction of sp³-hybridized carbons (Fsp3) is 0.560. The fourth-order valence-electron chi connectivity index (χ4n) is 5.24. The number of hydrogen-bond donors (Lipinski definition) is 0. The number of carbonyl (C=O) groups excluding carboxylic acids is 2. The lowest BCUT2D eigenvalue weighted by atomic mass is 9.63. The Morgan fingerprint density at radius 1 is 1.21 bits per heavy atom. The first kappa shape index (κ1) is 23.7. The molecular formula is C25H28F3NO4. The number of Topliss-reactive ketones (excluding diaryl/α,β-unsaturated/α-hetero) is 1. The van der Waals surface area contributed by atoms with Crippen molar-refractivity contribution in [3.8, 4) is 0 Å². The summed E-state index contributed by atoms with van der Waals surface area (Å²) in [6.07, 6.45) is -2.56. The number of allylic oxidation sites excluding steroid dienone is 1. The van der Waals surface area contributed by atoms with E-state index in [2.05, 4.69) is 4.99 Å².